The SMILES string of the molecule is Cc1ccc(NC(=O)CN(C)[C@H](C)c2ccccc2)cc1. The van der Waals surface area contributed by atoms with E-state index in [-0.39, 0.29) is 11.9 Å². The Morgan fingerprint density at radius 2 is 1.71 bits per heavy atom. The summed E-state index contributed by atoms with van der Waals surface area (Å²) >= 11 is 0. The third-order valence-electron chi connectivity index (χ3n) is 3.67. The van der Waals surface area contributed by atoms with E-state index >= 15 is 0 Å². The Kier molecular flexibility index (Phi) is 5.12. The van der Waals surface area contributed by atoms with Crippen LogP contribution in [0.2, 0.25) is 0 Å². The first-order valence-electron chi connectivity index (χ1n) is 7.18. The number of amides is 1. The zero-order valence-corrected chi connectivity index (χ0v) is 12.8. The molecule has 0 aromatic heterocycles. The van der Waals surface area contributed by atoms with Gasteiger partial charge in [-0.1, -0.05) is 48.0 Å². The van der Waals surface area contributed by atoms with Crippen molar-refractivity contribution in [1.82, 2.24) is 4.90 Å². The Hall–Kier alpha value is -2.13. The third-order valence-corrected chi connectivity index (χ3v) is 3.67. The molecule has 0 saturated heterocycles. The van der Waals surface area contributed by atoms with Crippen LogP contribution in [0.5, 0.6) is 0 Å². The van der Waals surface area contributed by atoms with Gasteiger partial charge in [0.25, 0.3) is 0 Å². The number of likely N-dealkylation sites (N-methyl/N-ethyl adjacent to an activating group) is 1. The highest BCUT2D eigenvalue weighted by molar-refractivity contribution is 5.92. The molecule has 0 heterocycles. The summed E-state index contributed by atoms with van der Waals surface area (Å²) in [6.07, 6.45) is 0. The first kappa shape index (κ1) is 15.3. The van der Waals surface area contributed by atoms with Crippen molar-refractivity contribution in [2.45, 2.75) is 19.9 Å². The number of carbonyl (C=O) groups is 1. The highest BCUT2D eigenvalue weighted by Gasteiger charge is 2.14. The van der Waals surface area contributed by atoms with E-state index in [0.29, 0.717) is 6.54 Å². The summed E-state index contributed by atoms with van der Waals surface area (Å²) in [5, 5.41) is 2.93. The van der Waals surface area contributed by atoms with Crippen molar-refractivity contribution < 1.29 is 4.79 Å². The molecular formula is C18H22N2O. The lowest BCUT2D eigenvalue weighted by Crippen LogP contribution is -2.32. The van der Waals surface area contributed by atoms with Crippen molar-refractivity contribution in [2.24, 2.45) is 0 Å². The lowest BCUT2D eigenvalue weighted by molar-refractivity contribution is -0.117. The van der Waals surface area contributed by atoms with Gasteiger partial charge in [-0.05, 0) is 38.6 Å². The minimum absolute atomic E-state index is 0.00383. The number of aryl methyl sites for hydroxylation is 1. The van der Waals surface area contributed by atoms with Crippen molar-refractivity contribution in [3.63, 3.8) is 0 Å². The molecule has 3 heteroatoms. The largest absolute Gasteiger partial charge is 0.325 e. The van der Waals surface area contributed by atoms with Crippen molar-refractivity contribution >= 4 is 11.6 Å². The lowest BCUT2D eigenvalue weighted by Gasteiger charge is -2.24. The third kappa shape index (κ3) is 4.43. The maximum absolute atomic E-state index is 12.1. The highest BCUT2D eigenvalue weighted by atomic mass is 16.2. The van der Waals surface area contributed by atoms with Crippen LogP contribution in [0.1, 0.15) is 24.1 Å². The highest BCUT2D eigenvalue weighted by Crippen LogP contribution is 2.18. The topological polar surface area (TPSA) is 32.3 Å². The molecule has 1 atom stereocenters. The standard InChI is InChI=1S/C18H22N2O/c1-14-9-11-17(12-10-14)19-18(21)13-20(3)15(2)16-7-5-4-6-8-16/h4-12,15H,13H2,1-3H3,(H,19,21)/t15-/m1/s1. The molecule has 2 aromatic rings. The van der Waals surface area contributed by atoms with Crippen LogP contribution in [0, 0.1) is 6.92 Å². The second-order valence-corrected chi connectivity index (χ2v) is 5.42. The zero-order chi connectivity index (χ0) is 15.2. The van der Waals surface area contributed by atoms with Gasteiger partial charge < -0.3 is 5.32 Å². The van der Waals surface area contributed by atoms with Crippen molar-refractivity contribution in [3.8, 4) is 0 Å². The minimum Gasteiger partial charge on any atom is -0.325 e. The van der Waals surface area contributed by atoms with E-state index < -0.39 is 0 Å². The van der Waals surface area contributed by atoms with Gasteiger partial charge in [0.2, 0.25) is 5.91 Å². The Labute approximate surface area is 126 Å². The van der Waals surface area contributed by atoms with Gasteiger partial charge in [0.15, 0.2) is 0 Å². The molecule has 1 amide bonds. The molecule has 0 aliphatic heterocycles. The number of carbonyl (C=O) groups excluding carboxylic acids is 1. The maximum atomic E-state index is 12.1. The van der Waals surface area contributed by atoms with E-state index in [9.17, 15) is 4.79 Å². The van der Waals surface area contributed by atoms with Gasteiger partial charge >= 0.3 is 0 Å². The maximum Gasteiger partial charge on any atom is 0.238 e. The first-order chi connectivity index (χ1) is 10.1. The first-order valence-corrected chi connectivity index (χ1v) is 7.18. The van der Waals surface area contributed by atoms with E-state index in [4.69, 9.17) is 0 Å². The summed E-state index contributed by atoms with van der Waals surface area (Å²) in [7, 11) is 1.96. The van der Waals surface area contributed by atoms with Gasteiger partial charge in [-0.15, -0.1) is 0 Å². The fourth-order valence-electron chi connectivity index (χ4n) is 2.19. The fourth-order valence-corrected chi connectivity index (χ4v) is 2.19. The van der Waals surface area contributed by atoms with Crippen molar-refractivity contribution in [3.05, 3.63) is 65.7 Å². The molecule has 2 aromatic carbocycles. The van der Waals surface area contributed by atoms with Gasteiger partial charge in [-0.2, -0.15) is 0 Å². The summed E-state index contributed by atoms with van der Waals surface area (Å²) in [6, 6.07) is 18.2. The molecule has 0 saturated carbocycles. The van der Waals surface area contributed by atoms with Gasteiger partial charge in [0.05, 0.1) is 6.54 Å². The number of anilines is 1. The molecule has 0 bridgehead atoms. The average Bonchev–Trinajstić information content (AvgIpc) is 2.49. The number of benzene rings is 2. The summed E-state index contributed by atoms with van der Waals surface area (Å²) in [5.74, 6) is 0.00383. The fraction of sp³-hybridized carbons (Fsp3) is 0.278. The van der Waals surface area contributed by atoms with Crippen LogP contribution in [-0.4, -0.2) is 24.4 Å². The molecule has 0 fully saturated rings. The van der Waals surface area contributed by atoms with Gasteiger partial charge in [-0.25, -0.2) is 0 Å². The van der Waals surface area contributed by atoms with E-state index in [0.717, 1.165) is 5.69 Å². The molecular weight excluding hydrogens is 260 g/mol. The second-order valence-electron chi connectivity index (χ2n) is 5.42. The molecule has 0 aliphatic rings. The number of nitrogens with one attached hydrogen (secondary N) is 1. The molecule has 0 unspecified atom stereocenters. The molecule has 0 aliphatic carbocycles. The zero-order valence-electron chi connectivity index (χ0n) is 12.8. The Bertz CT molecular complexity index is 578. The van der Waals surface area contributed by atoms with Crippen LogP contribution >= 0.6 is 0 Å². The molecule has 2 rings (SSSR count). The summed E-state index contributed by atoms with van der Waals surface area (Å²) in [6.45, 7) is 4.50. The van der Waals surface area contributed by atoms with E-state index in [1.165, 1.54) is 11.1 Å². The minimum atomic E-state index is 0.00383. The summed E-state index contributed by atoms with van der Waals surface area (Å²) < 4.78 is 0. The van der Waals surface area contributed by atoms with Crippen LogP contribution in [-0.2, 0) is 4.79 Å². The molecule has 1 N–H and O–H groups in total. The van der Waals surface area contributed by atoms with Gasteiger partial charge in [0, 0.05) is 11.7 Å². The van der Waals surface area contributed by atoms with Gasteiger partial charge in [0.1, 0.15) is 0 Å². The van der Waals surface area contributed by atoms with Crippen LogP contribution < -0.4 is 5.32 Å². The Morgan fingerprint density at radius 1 is 1.10 bits per heavy atom. The summed E-state index contributed by atoms with van der Waals surface area (Å²) in [5.41, 5.74) is 3.23. The van der Waals surface area contributed by atoms with Crippen LogP contribution in [0.3, 0.4) is 0 Å². The predicted molar refractivity (Wildman–Crippen MR) is 87.3 cm³/mol. The predicted octanol–water partition coefficient (Wildman–Crippen LogP) is 3.63. The van der Waals surface area contributed by atoms with Crippen LogP contribution in [0.15, 0.2) is 54.6 Å². The normalized spacial score (nSPS) is 12.2. The van der Waals surface area contributed by atoms with Crippen LogP contribution in [0.25, 0.3) is 0 Å². The number of rotatable bonds is 5. The number of hydrogen-bond acceptors (Lipinski definition) is 2. The second kappa shape index (κ2) is 7.04. The average molecular weight is 282 g/mol. The Morgan fingerprint density at radius 3 is 2.33 bits per heavy atom. The summed E-state index contributed by atoms with van der Waals surface area (Å²) in [4.78, 5) is 14.1. The monoisotopic (exact) mass is 282 g/mol. The quantitative estimate of drug-likeness (QED) is 0.908. The van der Waals surface area contributed by atoms with Gasteiger partial charge in [-0.3, -0.25) is 9.69 Å². The van der Waals surface area contributed by atoms with Crippen molar-refractivity contribution in [2.75, 3.05) is 18.9 Å². The molecule has 110 valence electrons. The molecule has 0 radical (unpaired) electrons. The molecule has 0 spiro atoms. The smallest absolute Gasteiger partial charge is 0.238 e. The lowest BCUT2D eigenvalue weighted by atomic mass is 10.1. The Balaban J connectivity index is 1.91. The van der Waals surface area contributed by atoms with Crippen molar-refractivity contribution in [1.29, 1.82) is 0 Å². The van der Waals surface area contributed by atoms with E-state index in [1.807, 2.05) is 61.3 Å². The van der Waals surface area contributed by atoms with Crippen LogP contribution in [0.4, 0.5) is 5.69 Å². The molecule has 21 heavy (non-hydrogen) atoms. The number of nitrogens with zero attached hydrogens (tertiary/aromatic N) is 1. The molecule has 3 nitrogen and oxygen atoms in total. The van der Waals surface area contributed by atoms with E-state index in [1.54, 1.807) is 0 Å². The van der Waals surface area contributed by atoms with E-state index in [2.05, 4.69) is 24.4 Å². The number of hydrogen-bond donors (Lipinski definition) is 1.